The van der Waals surface area contributed by atoms with Crippen LogP contribution in [0, 0.1) is 11.7 Å². The molecule has 178 valence electrons. The number of likely N-dealkylation sites (N-methyl/N-ethyl adjacent to an activating group) is 1. The van der Waals surface area contributed by atoms with Crippen molar-refractivity contribution in [3.8, 4) is 5.75 Å². The Hall–Kier alpha value is -3.17. The normalized spacial score (nSPS) is 21.8. The number of fused-ring (bicyclic) bond motifs is 1. The predicted molar refractivity (Wildman–Crippen MR) is 125 cm³/mol. The molecule has 2 aromatic rings. The van der Waals surface area contributed by atoms with E-state index in [4.69, 9.17) is 9.47 Å². The summed E-state index contributed by atoms with van der Waals surface area (Å²) < 4.78 is 25.0. The molecule has 0 aliphatic carbocycles. The molecule has 0 bridgehead atoms. The third kappa shape index (κ3) is 6.66. The smallest absolute Gasteiger partial charge is 0.323 e. The number of hydrogen-bond donors (Lipinski definition) is 3. The van der Waals surface area contributed by atoms with E-state index in [-0.39, 0.29) is 24.0 Å². The number of amides is 3. The summed E-state index contributed by atoms with van der Waals surface area (Å²) in [6.45, 7) is 5.58. The molecule has 8 nitrogen and oxygen atoms in total. The van der Waals surface area contributed by atoms with E-state index in [1.807, 2.05) is 6.92 Å². The molecule has 0 radical (unpaired) electrons. The van der Waals surface area contributed by atoms with Crippen LogP contribution in [0.15, 0.2) is 42.5 Å². The van der Waals surface area contributed by atoms with Crippen molar-refractivity contribution in [1.29, 1.82) is 0 Å². The Balaban J connectivity index is 1.80. The first-order valence-corrected chi connectivity index (χ1v) is 10.9. The van der Waals surface area contributed by atoms with Crippen LogP contribution in [-0.4, -0.2) is 62.8 Å². The van der Waals surface area contributed by atoms with E-state index >= 15 is 0 Å². The van der Waals surface area contributed by atoms with Gasteiger partial charge in [-0.1, -0.05) is 13.0 Å². The van der Waals surface area contributed by atoms with Gasteiger partial charge in [0.05, 0.1) is 11.7 Å². The molecule has 0 unspecified atom stereocenters. The number of nitrogens with one attached hydrogen (secondary N) is 3. The first-order valence-electron chi connectivity index (χ1n) is 10.9. The maximum absolute atomic E-state index is 13.4. The first-order chi connectivity index (χ1) is 15.8. The molecule has 33 heavy (non-hydrogen) atoms. The van der Waals surface area contributed by atoms with E-state index in [2.05, 4.69) is 22.9 Å². The van der Waals surface area contributed by atoms with Gasteiger partial charge in [0, 0.05) is 50.7 Å². The largest absolute Gasteiger partial charge is 0.491 e. The molecular weight excluding hydrogens is 427 g/mol. The van der Waals surface area contributed by atoms with Gasteiger partial charge < -0.3 is 30.3 Å². The third-order valence-corrected chi connectivity index (χ3v) is 5.57. The summed E-state index contributed by atoms with van der Waals surface area (Å²) in [5.74, 6) is -0.0749. The van der Waals surface area contributed by atoms with Gasteiger partial charge in [-0.3, -0.25) is 4.79 Å². The van der Waals surface area contributed by atoms with Crippen LogP contribution in [-0.2, 0) is 4.74 Å². The fraction of sp³-hybridized carbons (Fsp3) is 0.417. The molecule has 3 rings (SSSR count). The molecule has 3 N–H and O–H groups in total. The number of halogens is 1. The van der Waals surface area contributed by atoms with Crippen molar-refractivity contribution >= 4 is 23.3 Å². The maximum Gasteiger partial charge on any atom is 0.323 e. The van der Waals surface area contributed by atoms with Crippen LogP contribution in [0.4, 0.5) is 20.6 Å². The summed E-state index contributed by atoms with van der Waals surface area (Å²) in [5, 5.41) is 8.70. The minimum Gasteiger partial charge on any atom is -0.491 e. The number of carbonyl (C=O) groups excluding carboxylic acids is 2. The van der Waals surface area contributed by atoms with Crippen molar-refractivity contribution in [2.45, 2.75) is 26.0 Å². The van der Waals surface area contributed by atoms with Gasteiger partial charge in [-0.2, -0.15) is 0 Å². The minimum absolute atomic E-state index is 0.0398. The highest BCUT2D eigenvalue weighted by molar-refractivity contribution is 6.01. The lowest BCUT2D eigenvalue weighted by Gasteiger charge is -2.30. The second-order valence-electron chi connectivity index (χ2n) is 8.36. The summed E-state index contributed by atoms with van der Waals surface area (Å²) >= 11 is 0. The summed E-state index contributed by atoms with van der Waals surface area (Å²) in [7, 11) is 3.38. The van der Waals surface area contributed by atoms with E-state index in [9.17, 15) is 14.0 Å². The van der Waals surface area contributed by atoms with Gasteiger partial charge in [0.25, 0.3) is 5.91 Å². The summed E-state index contributed by atoms with van der Waals surface area (Å²) in [6, 6.07) is 9.98. The average Bonchev–Trinajstić information content (AvgIpc) is 2.78. The Morgan fingerprint density at radius 3 is 2.61 bits per heavy atom. The van der Waals surface area contributed by atoms with Crippen molar-refractivity contribution in [1.82, 2.24) is 10.2 Å². The number of benzene rings is 2. The highest BCUT2D eigenvalue weighted by Gasteiger charge is 2.25. The lowest BCUT2D eigenvalue weighted by molar-refractivity contribution is 0.0281. The molecular formula is C24H31FN4O4. The van der Waals surface area contributed by atoms with E-state index in [0.717, 1.165) is 6.54 Å². The van der Waals surface area contributed by atoms with Gasteiger partial charge in [-0.05, 0) is 43.2 Å². The molecule has 0 fully saturated rings. The number of hydrogen-bond acceptors (Lipinski definition) is 5. The van der Waals surface area contributed by atoms with Gasteiger partial charge in [0.15, 0.2) is 0 Å². The zero-order valence-electron chi connectivity index (χ0n) is 19.4. The molecule has 1 heterocycles. The number of ether oxygens (including phenoxy) is 2. The third-order valence-electron chi connectivity index (χ3n) is 5.57. The van der Waals surface area contributed by atoms with Crippen LogP contribution in [0.5, 0.6) is 5.75 Å². The highest BCUT2D eigenvalue weighted by Crippen LogP contribution is 2.26. The summed E-state index contributed by atoms with van der Waals surface area (Å²) in [6.07, 6.45) is -0.116. The Bertz CT molecular complexity index is 987. The lowest BCUT2D eigenvalue weighted by Crippen LogP contribution is -2.44. The van der Waals surface area contributed by atoms with Crippen molar-refractivity contribution in [3.05, 3.63) is 53.8 Å². The molecule has 3 amide bonds. The van der Waals surface area contributed by atoms with Crippen LogP contribution < -0.4 is 20.7 Å². The fourth-order valence-corrected chi connectivity index (χ4v) is 3.59. The van der Waals surface area contributed by atoms with Gasteiger partial charge in [0.2, 0.25) is 0 Å². The van der Waals surface area contributed by atoms with Crippen LogP contribution in [0.1, 0.15) is 24.2 Å². The lowest BCUT2D eigenvalue weighted by atomic mass is 10.0. The minimum atomic E-state index is -0.538. The fourth-order valence-electron chi connectivity index (χ4n) is 3.59. The predicted octanol–water partition coefficient (Wildman–Crippen LogP) is 3.56. The first kappa shape index (κ1) is 24.5. The maximum atomic E-state index is 13.4. The van der Waals surface area contributed by atoms with Crippen LogP contribution in [0.3, 0.4) is 0 Å². The number of carbonyl (C=O) groups is 2. The van der Waals surface area contributed by atoms with Crippen LogP contribution in [0.25, 0.3) is 0 Å². The second kappa shape index (κ2) is 11.1. The van der Waals surface area contributed by atoms with E-state index in [1.165, 1.54) is 18.2 Å². The topological polar surface area (TPSA) is 91.9 Å². The summed E-state index contributed by atoms with van der Waals surface area (Å²) in [4.78, 5) is 27.1. The zero-order chi connectivity index (χ0) is 24.0. The molecule has 2 aromatic carbocycles. The number of nitrogens with zero attached hydrogens (tertiary/aromatic N) is 1. The zero-order valence-corrected chi connectivity index (χ0v) is 19.4. The Morgan fingerprint density at radius 2 is 1.91 bits per heavy atom. The Morgan fingerprint density at radius 1 is 1.18 bits per heavy atom. The van der Waals surface area contributed by atoms with Crippen molar-refractivity contribution in [2.75, 3.05) is 44.5 Å². The van der Waals surface area contributed by atoms with Crippen molar-refractivity contribution in [2.24, 2.45) is 5.92 Å². The van der Waals surface area contributed by atoms with Crippen molar-refractivity contribution < 1.29 is 23.5 Å². The van der Waals surface area contributed by atoms with Gasteiger partial charge in [0.1, 0.15) is 18.2 Å². The standard InChI is InChI=1S/C24H31FN4O4/c1-15-12-26-16(2)14-33-21-11-19(28-24(31)27-18-7-5-6-17(25)10-18)8-9-20(21)23(30)29(3)13-22(15)32-4/h5-11,15-16,22,26H,12-14H2,1-4H3,(H2,27,28,31)/t15-,16-,22-/m1/s1. The molecule has 0 spiro atoms. The van der Waals surface area contributed by atoms with E-state index in [0.29, 0.717) is 35.8 Å². The monoisotopic (exact) mass is 458 g/mol. The van der Waals surface area contributed by atoms with Gasteiger partial charge >= 0.3 is 6.03 Å². The molecule has 1 aliphatic heterocycles. The Labute approximate surface area is 193 Å². The quantitative estimate of drug-likeness (QED) is 0.654. The molecule has 9 heteroatoms. The molecule has 0 aromatic heterocycles. The molecule has 0 saturated carbocycles. The molecule has 1 aliphatic rings. The number of rotatable bonds is 3. The second-order valence-corrected chi connectivity index (χ2v) is 8.36. The highest BCUT2D eigenvalue weighted by atomic mass is 19.1. The van der Waals surface area contributed by atoms with Crippen molar-refractivity contribution in [3.63, 3.8) is 0 Å². The summed E-state index contributed by atoms with van der Waals surface area (Å²) in [5.41, 5.74) is 1.16. The molecule has 3 atom stereocenters. The van der Waals surface area contributed by atoms with Crippen LogP contribution >= 0.6 is 0 Å². The average molecular weight is 459 g/mol. The van der Waals surface area contributed by atoms with Gasteiger partial charge in [-0.15, -0.1) is 0 Å². The Kier molecular flexibility index (Phi) is 8.24. The SMILES string of the molecule is CO[C@@H]1CN(C)C(=O)c2ccc(NC(=O)Nc3cccc(F)c3)cc2OC[C@@H](C)NC[C@H]1C. The number of methoxy groups -OCH3 is 1. The number of urea groups is 1. The molecule has 0 saturated heterocycles. The van der Waals surface area contributed by atoms with E-state index < -0.39 is 11.8 Å². The van der Waals surface area contributed by atoms with Crippen LogP contribution in [0.2, 0.25) is 0 Å². The van der Waals surface area contributed by atoms with Gasteiger partial charge in [-0.25, -0.2) is 9.18 Å². The van der Waals surface area contributed by atoms with E-state index in [1.54, 1.807) is 43.3 Å². The number of anilines is 2.